The average molecular weight is 286 g/mol. The van der Waals surface area contributed by atoms with Crippen LogP contribution in [-0.2, 0) is 12.0 Å². The second kappa shape index (κ2) is 5.92. The minimum absolute atomic E-state index is 0.165. The van der Waals surface area contributed by atoms with E-state index in [1.165, 1.54) is 5.56 Å². The molecule has 1 heterocycles. The molecule has 0 saturated carbocycles. The lowest BCUT2D eigenvalue weighted by Crippen LogP contribution is -2.24. The third-order valence-corrected chi connectivity index (χ3v) is 3.70. The first-order chi connectivity index (χ1) is 9.84. The van der Waals surface area contributed by atoms with E-state index < -0.39 is 0 Å². The molecule has 1 aromatic heterocycles. The summed E-state index contributed by atoms with van der Waals surface area (Å²) in [4.78, 5) is 0. The van der Waals surface area contributed by atoms with Gasteiger partial charge in [0.2, 0.25) is 5.88 Å². The molecule has 0 unspecified atom stereocenters. The van der Waals surface area contributed by atoms with Gasteiger partial charge in [0.05, 0.1) is 11.2 Å². The summed E-state index contributed by atoms with van der Waals surface area (Å²) in [5, 5.41) is 14.7. The Morgan fingerprint density at radius 2 is 1.76 bits per heavy atom. The Labute approximate surface area is 127 Å². The van der Waals surface area contributed by atoms with Crippen LogP contribution in [0, 0.1) is 6.92 Å². The lowest BCUT2D eigenvalue weighted by Gasteiger charge is -2.23. The monoisotopic (exact) mass is 286 g/mol. The van der Waals surface area contributed by atoms with Crippen LogP contribution in [0.15, 0.2) is 24.3 Å². The SMILES string of the molecule is CCCCc1c(O)nn(C(C)(C)C)c1-c1ccc(C)cc1. The van der Waals surface area contributed by atoms with Crippen LogP contribution in [0.4, 0.5) is 0 Å². The van der Waals surface area contributed by atoms with Crippen molar-refractivity contribution >= 4 is 0 Å². The number of benzene rings is 1. The number of aryl methyl sites for hydroxylation is 1. The van der Waals surface area contributed by atoms with Crippen molar-refractivity contribution in [2.24, 2.45) is 0 Å². The van der Waals surface area contributed by atoms with Crippen molar-refractivity contribution in [2.75, 3.05) is 0 Å². The number of hydrogen-bond donors (Lipinski definition) is 1. The molecule has 2 rings (SSSR count). The first-order valence-electron chi connectivity index (χ1n) is 7.73. The standard InChI is InChI=1S/C18H26N2O/c1-6-7-8-15-16(14-11-9-13(2)10-12-14)20(18(3,4)5)19-17(15)21/h9-12H,6-8H2,1-5H3,(H,19,21). The summed E-state index contributed by atoms with van der Waals surface area (Å²) >= 11 is 0. The van der Waals surface area contributed by atoms with Crippen molar-refractivity contribution in [2.45, 2.75) is 59.4 Å². The maximum absolute atomic E-state index is 10.3. The quantitative estimate of drug-likeness (QED) is 0.887. The number of aromatic hydroxyl groups is 1. The molecule has 0 amide bonds. The summed E-state index contributed by atoms with van der Waals surface area (Å²) in [7, 11) is 0. The van der Waals surface area contributed by atoms with Crippen LogP contribution in [0.1, 0.15) is 51.7 Å². The summed E-state index contributed by atoms with van der Waals surface area (Å²) in [5.74, 6) is 0.175. The minimum atomic E-state index is -0.165. The lowest BCUT2D eigenvalue weighted by atomic mass is 10.00. The zero-order valence-corrected chi connectivity index (χ0v) is 13.8. The molecular weight excluding hydrogens is 260 g/mol. The van der Waals surface area contributed by atoms with E-state index in [0.29, 0.717) is 0 Å². The fraction of sp³-hybridized carbons (Fsp3) is 0.500. The highest BCUT2D eigenvalue weighted by molar-refractivity contribution is 5.66. The Kier molecular flexibility index (Phi) is 4.40. The minimum Gasteiger partial charge on any atom is -0.492 e. The zero-order chi connectivity index (χ0) is 15.6. The van der Waals surface area contributed by atoms with E-state index in [0.717, 1.165) is 36.1 Å². The third-order valence-electron chi connectivity index (χ3n) is 3.70. The zero-order valence-electron chi connectivity index (χ0n) is 13.8. The molecule has 1 aromatic carbocycles. The predicted octanol–water partition coefficient (Wildman–Crippen LogP) is 4.66. The normalized spacial score (nSPS) is 11.9. The van der Waals surface area contributed by atoms with Gasteiger partial charge in [-0.05, 0) is 40.5 Å². The molecule has 3 heteroatoms. The Morgan fingerprint density at radius 3 is 2.29 bits per heavy atom. The van der Waals surface area contributed by atoms with Gasteiger partial charge in [-0.25, -0.2) is 0 Å². The largest absolute Gasteiger partial charge is 0.492 e. The van der Waals surface area contributed by atoms with Gasteiger partial charge in [-0.1, -0.05) is 43.2 Å². The van der Waals surface area contributed by atoms with Gasteiger partial charge in [0.25, 0.3) is 0 Å². The van der Waals surface area contributed by atoms with E-state index in [2.05, 4.69) is 64.0 Å². The van der Waals surface area contributed by atoms with Crippen molar-refractivity contribution < 1.29 is 5.11 Å². The molecule has 0 aliphatic heterocycles. The summed E-state index contributed by atoms with van der Waals surface area (Å²) < 4.78 is 1.96. The first-order valence-corrected chi connectivity index (χ1v) is 7.73. The van der Waals surface area contributed by atoms with Gasteiger partial charge in [-0.2, -0.15) is 0 Å². The van der Waals surface area contributed by atoms with Crippen molar-refractivity contribution in [1.29, 1.82) is 0 Å². The Bertz CT molecular complexity index is 603. The van der Waals surface area contributed by atoms with E-state index in [9.17, 15) is 5.11 Å². The molecule has 0 bridgehead atoms. The number of unbranched alkanes of at least 4 members (excludes halogenated alkanes) is 1. The fourth-order valence-corrected chi connectivity index (χ4v) is 2.52. The van der Waals surface area contributed by atoms with Gasteiger partial charge >= 0.3 is 0 Å². The number of hydrogen-bond acceptors (Lipinski definition) is 2. The molecule has 21 heavy (non-hydrogen) atoms. The Morgan fingerprint density at radius 1 is 1.14 bits per heavy atom. The first kappa shape index (κ1) is 15.6. The highest BCUT2D eigenvalue weighted by atomic mass is 16.3. The smallest absolute Gasteiger partial charge is 0.234 e. The van der Waals surface area contributed by atoms with Crippen molar-refractivity contribution in [3.63, 3.8) is 0 Å². The summed E-state index contributed by atoms with van der Waals surface area (Å²) in [5.41, 5.74) is 4.21. The van der Waals surface area contributed by atoms with Crippen molar-refractivity contribution in [3.8, 4) is 17.1 Å². The maximum atomic E-state index is 10.3. The van der Waals surface area contributed by atoms with E-state index in [4.69, 9.17) is 0 Å². The molecule has 1 N–H and O–H groups in total. The van der Waals surface area contributed by atoms with E-state index >= 15 is 0 Å². The van der Waals surface area contributed by atoms with Crippen LogP contribution < -0.4 is 0 Å². The van der Waals surface area contributed by atoms with Gasteiger partial charge in [0, 0.05) is 11.1 Å². The fourth-order valence-electron chi connectivity index (χ4n) is 2.52. The van der Waals surface area contributed by atoms with Crippen LogP contribution in [0.3, 0.4) is 0 Å². The third kappa shape index (κ3) is 3.29. The van der Waals surface area contributed by atoms with Crippen LogP contribution in [0.25, 0.3) is 11.3 Å². The summed E-state index contributed by atoms with van der Waals surface area (Å²) in [6, 6.07) is 8.44. The van der Waals surface area contributed by atoms with Crippen LogP contribution in [-0.4, -0.2) is 14.9 Å². The van der Waals surface area contributed by atoms with Gasteiger partial charge in [-0.15, -0.1) is 5.10 Å². The second-order valence-corrected chi connectivity index (χ2v) is 6.70. The van der Waals surface area contributed by atoms with Crippen LogP contribution in [0.5, 0.6) is 5.88 Å². The van der Waals surface area contributed by atoms with Gasteiger partial charge in [-0.3, -0.25) is 4.68 Å². The molecular formula is C18H26N2O. The summed E-state index contributed by atoms with van der Waals surface area (Å²) in [6.07, 6.45) is 3.03. The van der Waals surface area contributed by atoms with E-state index in [1.54, 1.807) is 0 Å². The van der Waals surface area contributed by atoms with Crippen molar-refractivity contribution in [3.05, 3.63) is 35.4 Å². The maximum Gasteiger partial charge on any atom is 0.234 e. The molecule has 114 valence electrons. The lowest BCUT2D eigenvalue weighted by molar-refractivity contribution is 0.341. The molecule has 0 spiro atoms. The molecule has 0 aliphatic carbocycles. The van der Waals surface area contributed by atoms with Crippen LogP contribution >= 0.6 is 0 Å². The Hall–Kier alpha value is -1.77. The predicted molar refractivity (Wildman–Crippen MR) is 87.7 cm³/mol. The topological polar surface area (TPSA) is 38.1 Å². The molecule has 0 atom stereocenters. The highest BCUT2D eigenvalue weighted by Crippen LogP contribution is 2.35. The average Bonchev–Trinajstić information content (AvgIpc) is 2.74. The van der Waals surface area contributed by atoms with Crippen LogP contribution in [0.2, 0.25) is 0 Å². The molecule has 0 radical (unpaired) electrons. The van der Waals surface area contributed by atoms with Gasteiger partial charge in [0.15, 0.2) is 0 Å². The van der Waals surface area contributed by atoms with E-state index in [1.807, 2.05) is 4.68 Å². The Balaban J connectivity index is 2.61. The number of aromatic nitrogens is 2. The second-order valence-electron chi connectivity index (χ2n) is 6.70. The van der Waals surface area contributed by atoms with Gasteiger partial charge in [0.1, 0.15) is 0 Å². The van der Waals surface area contributed by atoms with Crippen molar-refractivity contribution in [1.82, 2.24) is 9.78 Å². The summed E-state index contributed by atoms with van der Waals surface area (Å²) in [6.45, 7) is 10.6. The molecule has 0 saturated heterocycles. The van der Waals surface area contributed by atoms with Gasteiger partial charge < -0.3 is 5.11 Å². The highest BCUT2D eigenvalue weighted by Gasteiger charge is 2.25. The molecule has 2 aromatic rings. The molecule has 0 aliphatic rings. The number of nitrogens with zero attached hydrogens (tertiary/aromatic N) is 2. The van der Waals surface area contributed by atoms with E-state index in [-0.39, 0.29) is 11.4 Å². The number of rotatable bonds is 4. The molecule has 0 fully saturated rings. The molecule has 3 nitrogen and oxygen atoms in total.